The smallest absolute Gasteiger partial charge is 0.240 e. The number of hydrogen-bond donors (Lipinski definition) is 2. The summed E-state index contributed by atoms with van der Waals surface area (Å²) in [6, 6.07) is 7.82. The molecule has 2 amide bonds. The van der Waals surface area contributed by atoms with Gasteiger partial charge in [0.25, 0.3) is 0 Å². The van der Waals surface area contributed by atoms with Crippen molar-refractivity contribution < 1.29 is 14.3 Å². The van der Waals surface area contributed by atoms with Gasteiger partial charge in [0.15, 0.2) is 0 Å². The number of imidazole rings is 1. The number of nitrogens with zero attached hydrogens (tertiary/aromatic N) is 2. The van der Waals surface area contributed by atoms with Crippen LogP contribution >= 0.6 is 0 Å². The minimum Gasteiger partial charge on any atom is -0.376 e. The molecule has 2 N–H and O–H groups in total. The highest BCUT2D eigenvalue weighted by atomic mass is 16.5. The molecule has 26 heavy (non-hydrogen) atoms. The van der Waals surface area contributed by atoms with Crippen LogP contribution in [0.2, 0.25) is 0 Å². The third kappa shape index (κ3) is 4.82. The minimum atomic E-state index is -0.0354. The average Bonchev–Trinajstić information content (AvgIpc) is 3.25. The van der Waals surface area contributed by atoms with Gasteiger partial charge in [-0.3, -0.25) is 9.59 Å². The van der Waals surface area contributed by atoms with E-state index in [2.05, 4.69) is 15.6 Å². The summed E-state index contributed by atoms with van der Waals surface area (Å²) in [5.41, 5.74) is 1.84. The molecule has 1 aliphatic rings. The number of para-hydroxylation sites is 2. The number of ether oxygens (including phenoxy) is 1. The van der Waals surface area contributed by atoms with E-state index in [4.69, 9.17) is 4.74 Å². The van der Waals surface area contributed by atoms with Crippen molar-refractivity contribution in [3.63, 3.8) is 0 Å². The summed E-state index contributed by atoms with van der Waals surface area (Å²) < 4.78 is 7.52. The predicted octanol–water partition coefficient (Wildman–Crippen LogP) is 1.40. The van der Waals surface area contributed by atoms with Crippen LogP contribution in [0.1, 0.15) is 32.0 Å². The Labute approximate surface area is 153 Å². The predicted molar refractivity (Wildman–Crippen MR) is 98.7 cm³/mol. The van der Waals surface area contributed by atoms with Crippen LogP contribution in [0.25, 0.3) is 11.0 Å². The Bertz CT molecular complexity index is 765. The van der Waals surface area contributed by atoms with E-state index in [1.165, 1.54) is 6.92 Å². The highest BCUT2D eigenvalue weighted by Crippen LogP contribution is 2.17. The zero-order valence-electron chi connectivity index (χ0n) is 15.2. The third-order valence-electron chi connectivity index (χ3n) is 4.54. The van der Waals surface area contributed by atoms with Gasteiger partial charge in [-0.25, -0.2) is 4.98 Å². The first-order valence-corrected chi connectivity index (χ1v) is 9.20. The fraction of sp³-hybridized carbons (Fsp3) is 0.526. The number of fused-ring (bicyclic) bond motifs is 1. The molecule has 1 atom stereocenters. The molecule has 7 heteroatoms. The SMILES string of the molecule is CC(=O)NCCCc1nc2ccccc2n1CC(=O)NCC1CCCO1. The molecule has 1 aromatic carbocycles. The maximum absolute atomic E-state index is 12.4. The molecule has 1 aromatic heterocycles. The number of carbonyl (C=O) groups is 2. The van der Waals surface area contributed by atoms with Crippen molar-refractivity contribution in [1.82, 2.24) is 20.2 Å². The van der Waals surface area contributed by atoms with E-state index in [1.54, 1.807) is 0 Å². The average molecular weight is 358 g/mol. The molecule has 7 nitrogen and oxygen atoms in total. The Morgan fingerprint density at radius 2 is 2.15 bits per heavy atom. The van der Waals surface area contributed by atoms with Gasteiger partial charge < -0.3 is 19.9 Å². The number of aryl methyl sites for hydroxylation is 1. The molecule has 1 fully saturated rings. The molecule has 0 spiro atoms. The van der Waals surface area contributed by atoms with E-state index in [0.29, 0.717) is 19.5 Å². The quantitative estimate of drug-likeness (QED) is 0.699. The second-order valence-electron chi connectivity index (χ2n) is 6.63. The summed E-state index contributed by atoms with van der Waals surface area (Å²) in [5, 5.41) is 5.76. The van der Waals surface area contributed by atoms with Crippen molar-refractivity contribution in [2.24, 2.45) is 0 Å². The standard InChI is InChI=1S/C19H26N4O3/c1-14(24)20-10-4-9-18-22-16-7-2-3-8-17(16)23(18)13-19(25)21-12-15-6-5-11-26-15/h2-3,7-8,15H,4-6,9-13H2,1H3,(H,20,24)(H,21,25). The topological polar surface area (TPSA) is 85.2 Å². The Kier molecular flexibility index (Phi) is 6.22. The van der Waals surface area contributed by atoms with Crippen LogP contribution < -0.4 is 10.6 Å². The van der Waals surface area contributed by atoms with Gasteiger partial charge in [-0.05, 0) is 31.4 Å². The van der Waals surface area contributed by atoms with E-state index in [-0.39, 0.29) is 24.5 Å². The molecule has 3 rings (SSSR count). The first-order chi connectivity index (χ1) is 12.6. The van der Waals surface area contributed by atoms with Crippen molar-refractivity contribution in [3.05, 3.63) is 30.1 Å². The van der Waals surface area contributed by atoms with Gasteiger partial charge in [0, 0.05) is 33.0 Å². The molecule has 1 unspecified atom stereocenters. The Hall–Kier alpha value is -2.41. The Balaban J connectivity index is 1.65. The monoisotopic (exact) mass is 358 g/mol. The number of benzene rings is 1. The first kappa shape index (κ1) is 18.4. The van der Waals surface area contributed by atoms with E-state index in [1.807, 2.05) is 28.8 Å². The van der Waals surface area contributed by atoms with Crippen LogP contribution in [-0.2, 0) is 27.3 Å². The Morgan fingerprint density at radius 3 is 2.92 bits per heavy atom. The second-order valence-corrected chi connectivity index (χ2v) is 6.63. The van der Waals surface area contributed by atoms with Crippen LogP contribution in [0.15, 0.2) is 24.3 Å². The summed E-state index contributed by atoms with van der Waals surface area (Å²) in [5.74, 6) is 0.794. The van der Waals surface area contributed by atoms with Crippen molar-refractivity contribution in [2.45, 2.75) is 45.3 Å². The van der Waals surface area contributed by atoms with Gasteiger partial charge in [0.2, 0.25) is 11.8 Å². The lowest BCUT2D eigenvalue weighted by Crippen LogP contribution is -2.34. The van der Waals surface area contributed by atoms with E-state index >= 15 is 0 Å². The maximum atomic E-state index is 12.4. The van der Waals surface area contributed by atoms with E-state index < -0.39 is 0 Å². The van der Waals surface area contributed by atoms with E-state index in [0.717, 1.165) is 42.7 Å². The number of rotatable bonds is 8. The molecule has 1 aliphatic heterocycles. The lowest BCUT2D eigenvalue weighted by molar-refractivity contribution is -0.122. The number of carbonyl (C=O) groups excluding carboxylic acids is 2. The summed E-state index contributed by atoms with van der Waals surface area (Å²) in [4.78, 5) is 28.1. The molecular weight excluding hydrogens is 332 g/mol. The number of nitrogens with one attached hydrogen (secondary N) is 2. The van der Waals surface area contributed by atoms with Crippen molar-refractivity contribution in [2.75, 3.05) is 19.7 Å². The largest absolute Gasteiger partial charge is 0.376 e. The van der Waals surface area contributed by atoms with Gasteiger partial charge in [0.1, 0.15) is 12.4 Å². The van der Waals surface area contributed by atoms with Gasteiger partial charge in [-0.1, -0.05) is 12.1 Å². The van der Waals surface area contributed by atoms with Gasteiger partial charge in [-0.2, -0.15) is 0 Å². The van der Waals surface area contributed by atoms with Crippen LogP contribution in [0.3, 0.4) is 0 Å². The van der Waals surface area contributed by atoms with Gasteiger partial charge in [0.05, 0.1) is 17.1 Å². The molecule has 0 radical (unpaired) electrons. The normalized spacial score (nSPS) is 16.7. The molecule has 0 aliphatic carbocycles. The summed E-state index contributed by atoms with van der Waals surface area (Å²) in [7, 11) is 0. The van der Waals surface area contributed by atoms with Crippen molar-refractivity contribution >= 4 is 22.8 Å². The fourth-order valence-corrected chi connectivity index (χ4v) is 3.24. The number of hydrogen-bond acceptors (Lipinski definition) is 4. The first-order valence-electron chi connectivity index (χ1n) is 9.20. The molecule has 2 aromatic rings. The summed E-state index contributed by atoms with van der Waals surface area (Å²) in [6.45, 7) is 3.69. The Morgan fingerprint density at radius 1 is 1.31 bits per heavy atom. The van der Waals surface area contributed by atoms with Crippen molar-refractivity contribution in [1.29, 1.82) is 0 Å². The minimum absolute atomic E-state index is 0.0352. The van der Waals surface area contributed by atoms with Crippen LogP contribution in [0.4, 0.5) is 0 Å². The molecular formula is C19H26N4O3. The van der Waals surface area contributed by atoms with Crippen LogP contribution in [-0.4, -0.2) is 47.2 Å². The third-order valence-corrected chi connectivity index (χ3v) is 4.54. The fourth-order valence-electron chi connectivity index (χ4n) is 3.24. The highest BCUT2D eigenvalue weighted by molar-refractivity contribution is 5.81. The molecule has 140 valence electrons. The van der Waals surface area contributed by atoms with E-state index in [9.17, 15) is 9.59 Å². The summed E-state index contributed by atoms with van der Waals surface area (Å²) in [6.07, 6.45) is 3.68. The zero-order valence-corrected chi connectivity index (χ0v) is 15.2. The molecule has 1 saturated heterocycles. The number of aromatic nitrogens is 2. The van der Waals surface area contributed by atoms with Crippen LogP contribution in [0, 0.1) is 0 Å². The maximum Gasteiger partial charge on any atom is 0.240 e. The summed E-state index contributed by atoms with van der Waals surface area (Å²) >= 11 is 0. The highest BCUT2D eigenvalue weighted by Gasteiger charge is 2.17. The number of amides is 2. The lowest BCUT2D eigenvalue weighted by Gasteiger charge is -2.13. The lowest BCUT2D eigenvalue weighted by atomic mass is 10.2. The zero-order chi connectivity index (χ0) is 18.4. The van der Waals surface area contributed by atoms with Gasteiger partial charge >= 0.3 is 0 Å². The molecule has 0 saturated carbocycles. The van der Waals surface area contributed by atoms with Crippen molar-refractivity contribution in [3.8, 4) is 0 Å². The molecule has 0 bridgehead atoms. The molecule has 2 heterocycles. The second kappa shape index (κ2) is 8.80. The van der Waals surface area contributed by atoms with Gasteiger partial charge in [-0.15, -0.1) is 0 Å². The van der Waals surface area contributed by atoms with Crippen LogP contribution in [0.5, 0.6) is 0 Å².